The van der Waals surface area contributed by atoms with Crippen molar-refractivity contribution in [1.29, 1.82) is 0 Å². The molecule has 11 heteroatoms. The van der Waals surface area contributed by atoms with E-state index in [-0.39, 0.29) is 19.3 Å². The highest BCUT2D eigenvalue weighted by atomic mass is 32.1. The van der Waals surface area contributed by atoms with Crippen molar-refractivity contribution in [3.8, 4) is 0 Å². The van der Waals surface area contributed by atoms with E-state index in [4.69, 9.17) is 0 Å². The maximum atomic E-state index is 13.3. The van der Waals surface area contributed by atoms with E-state index in [1.54, 1.807) is 6.92 Å². The summed E-state index contributed by atoms with van der Waals surface area (Å²) in [4.78, 5) is 28.9. The summed E-state index contributed by atoms with van der Waals surface area (Å²) < 4.78 is 39.3. The van der Waals surface area contributed by atoms with Crippen molar-refractivity contribution < 1.29 is 33.0 Å². The van der Waals surface area contributed by atoms with Crippen LogP contribution in [0.1, 0.15) is 81.1 Å². The van der Waals surface area contributed by atoms with E-state index in [0.717, 1.165) is 28.7 Å². The van der Waals surface area contributed by atoms with Crippen molar-refractivity contribution in [3.63, 3.8) is 0 Å². The summed E-state index contributed by atoms with van der Waals surface area (Å²) in [6.45, 7) is 3.69. The Morgan fingerprint density at radius 3 is 2.41 bits per heavy atom. The van der Waals surface area contributed by atoms with Crippen molar-refractivity contribution in [2.24, 2.45) is 5.41 Å². The number of aliphatic hydroxyl groups excluding tert-OH is 1. The number of unbranched alkanes of at least 4 members (excludes halogenated alkanes) is 1. The van der Waals surface area contributed by atoms with E-state index in [9.17, 15) is 33.0 Å². The number of nitrogens with zero attached hydrogens (tertiary/aromatic N) is 1. The number of rotatable bonds is 12. The first kappa shape index (κ1) is 28.9. The molecule has 3 atom stereocenters. The van der Waals surface area contributed by atoms with Crippen LogP contribution >= 0.6 is 11.3 Å². The summed E-state index contributed by atoms with van der Waals surface area (Å²) in [5.41, 5.74) is -2.21. The molecule has 2 amide bonds. The van der Waals surface area contributed by atoms with Gasteiger partial charge >= 0.3 is 12.3 Å². The van der Waals surface area contributed by atoms with Gasteiger partial charge in [-0.25, -0.2) is 9.78 Å². The van der Waals surface area contributed by atoms with Crippen LogP contribution in [0.4, 0.5) is 18.0 Å². The maximum absolute atomic E-state index is 13.3. The van der Waals surface area contributed by atoms with Gasteiger partial charge < -0.3 is 20.8 Å². The van der Waals surface area contributed by atoms with Gasteiger partial charge in [0.15, 0.2) is 11.8 Å². The van der Waals surface area contributed by atoms with Gasteiger partial charge in [0.2, 0.25) is 0 Å². The molecule has 1 saturated carbocycles. The molecule has 37 heavy (non-hydrogen) atoms. The van der Waals surface area contributed by atoms with Gasteiger partial charge in [-0.15, -0.1) is 11.3 Å². The van der Waals surface area contributed by atoms with Gasteiger partial charge in [-0.05, 0) is 43.6 Å². The Kier molecular flexibility index (Phi) is 9.22. The summed E-state index contributed by atoms with van der Waals surface area (Å²) in [6, 6.07) is 8.75. The van der Waals surface area contributed by atoms with Gasteiger partial charge in [-0.3, -0.25) is 4.79 Å². The van der Waals surface area contributed by atoms with E-state index in [0.29, 0.717) is 30.7 Å². The number of nitrogens with one attached hydrogen (secondary N) is 2. The van der Waals surface area contributed by atoms with Crippen LogP contribution in [-0.4, -0.2) is 38.8 Å². The van der Waals surface area contributed by atoms with E-state index in [2.05, 4.69) is 15.6 Å². The first-order valence-corrected chi connectivity index (χ1v) is 13.3. The van der Waals surface area contributed by atoms with Gasteiger partial charge in [-0.2, -0.15) is 13.2 Å². The van der Waals surface area contributed by atoms with Crippen molar-refractivity contribution >= 4 is 23.3 Å². The third-order valence-electron chi connectivity index (χ3n) is 7.24. The van der Waals surface area contributed by atoms with Crippen LogP contribution in [0, 0.1) is 5.41 Å². The van der Waals surface area contributed by atoms with E-state index < -0.39 is 47.0 Å². The molecule has 1 heterocycles. The fourth-order valence-corrected chi connectivity index (χ4v) is 6.15. The lowest BCUT2D eigenvalue weighted by Crippen LogP contribution is -2.64. The summed E-state index contributed by atoms with van der Waals surface area (Å²) >= 11 is 0.921. The molecule has 2 aromatic rings. The first-order chi connectivity index (χ1) is 17.4. The number of carbonyl (C=O) groups excluding carboxylic acids is 1. The molecule has 0 spiro atoms. The largest absolute Gasteiger partial charge is 0.465 e. The minimum Gasteiger partial charge on any atom is -0.465 e. The van der Waals surface area contributed by atoms with Gasteiger partial charge in [0.05, 0.1) is 16.6 Å². The van der Waals surface area contributed by atoms with E-state index >= 15 is 0 Å². The number of hydrogen-bond donors (Lipinski definition) is 4. The number of aromatic nitrogens is 1. The lowest BCUT2D eigenvalue weighted by Gasteiger charge is -2.50. The fraction of sp³-hybridized carbons (Fsp3) is 0.577. The summed E-state index contributed by atoms with van der Waals surface area (Å²) in [6.07, 6.45) is -3.73. The number of thiazole rings is 1. The highest BCUT2D eigenvalue weighted by Gasteiger charge is 2.51. The average Bonchev–Trinajstić information content (AvgIpc) is 3.30. The lowest BCUT2D eigenvalue weighted by atomic mass is 9.59. The zero-order valence-electron chi connectivity index (χ0n) is 21.0. The molecule has 0 bridgehead atoms. The number of hydrogen-bond acceptors (Lipinski definition) is 5. The number of benzene rings is 1. The van der Waals surface area contributed by atoms with E-state index in [1.165, 1.54) is 0 Å². The molecule has 1 aromatic heterocycles. The minimum atomic E-state index is -4.54. The predicted octanol–water partition coefficient (Wildman–Crippen LogP) is 5.70. The molecular weight excluding hydrogens is 507 g/mol. The van der Waals surface area contributed by atoms with E-state index in [1.807, 2.05) is 37.3 Å². The Morgan fingerprint density at radius 1 is 1.22 bits per heavy atom. The Morgan fingerprint density at radius 2 is 1.89 bits per heavy atom. The van der Waals surface area contributed by atoms with Crippen LogP contribution in [0.15, 0.2) is 35.7 Å². The second-order valence-electron chi connectivity index (χ2n) is 10.1. The first-order valence-electron chi connectivity index (χ1n) is 12.5. The standard InChI is InChI=1S/C26H34F3N3O4S/c1-3-4-13-25(32-23(35)36,21(33)22(34)30-17(2)18-9-6-5-7-10-18)16-24(11-8-12-24)14-20-31-19(15-37-20)26(27,28)29/h5-7,9-10,15,17,21,32-33H,3-4,8,11-14,16H2,1-2H3,(H,30,34)(H,35,36)/t17-,21?,25?/m1/s1. The van der Waals surface area contributed by atoms with Crippen LogP contribution in [0.25, 0.3) is 0 Å². The molecule has 1 aromatic carbocycles. The molecule has 204 valence electrons. The van der Waals surface area contributed by atoms with Crippen molar-refractivity contribution in [3.05, 3.63) is 52.0 Å². The third-order valence-corrected chi connectivity index (χ3v) is 8.08. The zero-order chi connectivity index (χ0) is 27.3. The van der Waals surface area contributed by atoms with Crippen LogP contribution in [0.5, 0.6) is 0 Å². The molecule has 7 nitrogen and oxygen atoms in total. The average molecular weight is 542 g/mol. The SMILES string of the molecule is CCCCC(CC1(Cc2nc(C(F)(F)F)cs2)CCC1)(NC(=O)O)C(O)C(=O)N[C@H](C)c1ccccc1. The molecule has 1 aliphatic carbocycles. The number of amides is 2. The second-order valence-corrected chi connectivity index (χ2v) is 11.0. The third kappa shape index (κ3) is 7.22. The Balaban J connectivity index is 1.88. The number of carboxylic acid groups (broad SMARTS) is 1. The van der Waals surface area contributed by atoms with Crippen LogP contribution in [-0.2, 0) is 17.4 Å². The van der Waals surface area contributed by atoms with Gasteiger partial charge in [0.25, 0.3) is 5.91 Å². The number of halogens is 3. The fourth-order valence-electron chi connectivity index (χ4n) is 5.18. The highest BCUT2D eigenvalue weighted by Crippen LogP contribution is 2.51. The zero-order valence-corrected chi connectivity index (χ0v) is 21.8. The van der Waals surface area contributed by atoms with Crippen LogP contribution < -0.4 is 10.6 Å². The minimum absolute atomic E-state index is 0.113. The Hall–Kier alpha value is -2.66. The van der Waals surface area contributed by atoms with Crippen molar-refractivity contribution in [2.75, 3.05) is 0 Å². The molecule has 4 N–H and O–H groups in total. The van der Waals surface area contributed by atoms with Crippen LogP contribution in [0.2, 0.25) is 0 Å². The lowest BCUT2D eigenvalue weighted by molar-refractivity contribution is -0.141. The normalized spacial score (nSPS) is 18.2. The summed E-state index contributed by atoms with van der Waals surface area (Å²) in [5, 5.41) is 27.6. The molecule has 1 fully saturated rings. The topological polar surface area (TPSA) is 112 Å². The van der Waals surface area contributed by atoms with Gasteiger partial charge in [0.1, 0.15) is 0 Å². The predicted molar refractivity (Wildman–Crippen MR) is 134 cm³/mol. The van der Waals surface area contributed by atoms with Gasteiger partial charge in [-0.1, -0.05) is 56.5 Å². The number of carbonyl (C=O) groups is 2. The van der Waals surface area contributed by atoms with Crippen LogP contribution in [0.3, 0.4) is 0 Å². The van der Waals surface area contributed by atoms with Crippen molar-refractivity contribution in [1.82, 2.24) is 15.6 Å². The monoisotopic (exact) mass is 541 g/mol. The molecule has 0 saturated heterocycles. The van der Waals surface area contributed by atoms with Crippen molar-refractivity contribution in [2.45, 2.75) is 89.1 Å². The smallest absolute Gasteiger partial charge is 0.434 e. The Bertz CT molecular complexity index is 1060. The molecule has 0 aliphatic heterocycles. The maximum Gasteiger partial charge on any atom is 0.434 e. The molecule has 0 radical (unpaired) electrons. The summed E-state index contributed by atoms with van der Waals surface area (Å²) in [7, 11) is 0. The molecule has 1 aliphatic rings. The summed E-state index contributed by atoms with van der Waals surface area (Å²) in [5.74, 6) is -0.704. The van der Waals surface area contributed by atoms with Gasteiger partial charge in [0, 0.05) is 11.8 Å². The molecular formula is C26H34F3N3O4S. The number of aliphatic hydroxyl groups is 1. The quantitative estimate of drug-likeness (QED) is 0.276. The second kappa shape index (κ2) is 11.8. The number of alkyl halides is 3. The Labute approximate surface area is 218 Å². The molecule has 3 rings (SSSR count). The molecule has 2 unspecified atom stereocenters. The highest BCUT2D eigenvalue weighted by molar-refractivity contribution is 7.09.